The maximum atomic E-state index is 13.8. The molecule has 6 nitrogen and oxygen atoms in total. The number of furan rings is 1. The van der Waals surface area contributed by atoms with Crippen LogP contribution in [0.5, 0.6) is 0 Å². The van der Waals surface area contributed by atoms with Crippen LogP contribution < -0.4 is 10.2 Å². The summed E-state index contributed by atoms with van der Waals surface area (Å²) in [5, 5.41) is 2.84. The number of hydrogen-bond donors (Lipinski definition) is 1. The standard InChI is InChI=1S/C22H22FN3O3/c23-19-4-2-1-3-18(19)20-8-6-17(29-20)7-10-22(27)25-16-5-9-21(24-15-16)26-11-13-28-14-12-26/h1-6,8-9,15H,7,10-14H2,(H,25,27). The summed E-state index contributed by atoms with van der Waals surface area (Å²) in [4.78, 5) is 18.8. The number of anilines is 2. The summed E-state index contributed by atoms with van der Waals surface area (Å²) in [6, 6.07) is 13.7. The molecule has 2 aromatic heterocycles. The van der Waals surface area contributed by atoms with E-state index in [1.165, 1.54) is 6.07 Å². The minimum absolute atomic E-state index is 0.130. The van der Waals surface area contributed by atoms with Crippen molar-refractivity contribution >= 4 is 17.4 Å². The van der Waals surface area contributed by atoms with E-state index in [9.17, 15) is 9.18 Å². The fourth-order valence-corrected chi connectivity index (χ4v) is 3.22. The second-order valence-corrected chi connectivity index (χ2v) is 6.80. The van der Waals surface area contributed by atoms with E-state index in [0.29, 0.717) is 42.4 Å². The molecule has 1 aromatic carbocycles. The molecule has 1 aliphatic rings. The molecule has 0 aliphatic carbocycles. The Bertz CT molecular complexity index is 965. The van der Waals surface area contributed by atoms with E-state index < -0.39 is 0 Å². The fraction of sp³-hybridized carbons (Fsp3) is 0.273. The van der Waals surface area contributed by atoms with E-state index in [2.05, 4.69) is 15.2 Å². The maximum absolute atomic E-state index is 13.8. The van der Waals surface area contributed by atoms with Crippen molar-refractivity contribution in [3.63, 3.8) is 0 Å². The molecular weight excluding hydrogens is 373 g/mol. The Hall–Kier alpha value is -3.19. The van der Waals surface area contributed by atoms with Gasteiger partial charge < -0.3 is 19.4 Å². The van der Waals surface area contributed by atoms with Crippen molar-refractivity contribution in [2.45, 2.75) is 12.8 Å². The average Bonchev–Trinajstić information content (AvgIpc) is 3.23. The van der Waals surface area contributed by atoms with Gasteiger partial charge in [0.2, 0.25) is 5.91 Å². The van der Waals surface area contributed by atoms with Gasteiger partial charge in [-0.05, 0) is 36.4 Å². The molecule has 1 N–H and O–H groups in total. The average molecular weight is 395 g/mol. The van der Waals surface area contributed by atoms with Gasteiger partial charge in [0.25, 0.3) is 0 Å². The summed E-state index contributed by atoms with van der Waals surface area (Å²) in [5.41, 5.74) is 1.06. The second kappa shape index (κ2) is 8.87. The Morgan fingerprint density at radius 2 is 1.93 bits per heavy atom. The molecule has 0 unspecified atom stereocenters. The van der Waals surface area contributed by atoms with E-state index in [0.717, 1.165) is 18.9 Å². The third kappa shape index (κ3) is 4.81. The highest BCUT2D eigenvalue weighted by Gasteiger charge is 2.13. The topological polar surface area (TPSA) is 67.6 Å². The number of carbonyl (C=O) groups is 1. The summed E-state index contributed by atoms with van der Waals surface area (Å²) in [7, 11) is 0. The summed E-state index contributed by atoms with van der Waals surface area (Å²) in [6.07, 6.45) is 2.35. The lowest BCUT2D eigenvalue weighted by Crippen LogP contribution is -2.36. The predicted molar refractivity (Wildman–Crippen MR) is 108 cm³/mol. The molecule has 3 heterocycles. The van der Waals surface area contributed by atoms with Gasteiger partial charge in [0.1, 0.15) is 23.2 Å². The lowest BCUT2D eigenvalue weighted by Gasteiger charge is -2.27. The molecule has 4 rings (SSSR count). The van der Waals surface area contributed by atoms with Gasteiger partial charge in [-0.1, -0.05) is 12.1 Å². The van der Waals surface area contributed by atoms with Crippen LogP contribution in [0.15, 0.2) is 59.1 Å². The molecular formula is C22H22FN3O3. The first kappa shape index (κ1) is 19.1. The summed E-state index contributed by atoms with van der Waals surface area (Å²) in [6.45, 7) is 3.03. The Kier molecular flexibility index (Phi) is 5.86. The van der Waals surface area contributed by atoms with E-state index in [4.69, 9.17) is 9.15 Å². The van der Waals surface area contributed by atoms with Gasteiger partial charge in [-0.15, -0.1) is 0 Å². The van der Waals surface area contributed by atoms with Crippen molar-refractivity contribution in [3.8, 4) is 11.3 Å². The highest BCUT2D eigenvalue weighted by Crippen LogP contribution is 2.25. The Labute approximate surface area is 168 Å². The van der Waals surface area contributed by atoms with Crippen LogP contribution in [0.1, 0.15) is 12.2 Å². The normalized spacial score (nSPS) is 14.0. The molecule has 29 heavy (non-hydrogen) atoms. The Morgan fingerprint density at radius 1 is 1.10 bits per heavy atom. The van der Waals surface area contributed by atoms with Crippen molar-refractivity contribution in [3.05, 3.63) is 66.3 Å². The molecule has 0 radical (unpaired) electrons. The van der Waals surface area contributed by atoms with E-state index in [1.54, 1.807) is 36.5 Å². The number of ether oxygens (including phenoxy) is 1. The van der Waals surface area contributed by atoms with Crippen molar-refractivity contribution in [2.75, 3.05) is 36.5 Å². The molecule has 3 aromatic rings. The van der Waals surface area contributed by atoms with Gasteiger partial charge in [0.05, 0.1) is 30.7 Å². The predicted octanol–water partition coefficient (Wildman–Crippen LogP) is 3.89. The lowest BCUT2D eigenvalue weighted by molar-refractivity contribution is -0.116. The highest BCUT2D eigenvalue weighted by molar-refractivity contribution is 5.90. The number of nitrogens with one attached hydrogen (secondary N) is 1. The zero-order valence-corrected chi connectivity index (χ0v) is 15.9. The second-order valence-electron chi connectivity index (χ2n) is 6.80. The first-order valence-corrected chi connectivity index (χ1v) is 9.61. The zero-order valence-electron chi connectivity index (χ0n) is 15.9. The van der Waals surface area contributed by atoms with Crippen LogP contribution in [0.25, 0.3) is 11.3 Å². The van der Waals surface area contributed by atoms with E-state index in [-0.39, 0.29) is 18.1 Å². The van der Waals surface area contributed by atoms with E-state index >= 15 is 0 Å². The number of nitrogens with zero attached hydrogens (tertiary/aromatic N) is 2. The molecule has 150 valence electrons. The van der Waals surface area contributed by atoms with Gasteiger partial charge in [0.15, 0.2) is 0 Å². The van der Waals surface area contributed by atoms with Gasteiger partial charge >= 0.3 is 0 Å². The molecule has 7 heteroatoms. The molecule has 0 bridgehead atoms. The third-order valence-electron chi connectivity index (χ3n) is 4.77. The number of halogens is 1. The van der Waals surface area contributed by atoms with Gasteiger partial charge in [-0.25, -0.2) is 9.37 Å². The summed E-state index contributed by atoms with van der Waals surface area (Å²) >= 11 is 0. The molecule has 1 saturated heterocycles. The van der Waals surface area contributed by atoms with Gasteiger partial charge in [0, 0.05) is 25.9 Å². The molecule has 0 spiro atoms. The number of rotatable bonds is 6. The summed E-state index contributed by atoms with van der Waals surface area (Å²) in [5.74, 6) is 1.51. The first-order valence-electron chi connectivity index (χ1n) is 9.61. The van der Waals surface area contributed by atoms with Crippen molar-refractivity contribution in [1.29, 1.82) is 0 Å². The van der Waals surface area contributed by atoms with E-state index in [1.807, 2.05) is 12.1 Å². The first-order chi connectivity index (χ1) is 14.2. The number of aromatic nitrogens is 1. The quantitative estimate of drug-likeness (QED) is 0.686. The fourth-order valence-electron chi connectivity index (χ4n) is 3.22. The van der Waals surface area contributed by atoms with Crippen LogP contribution in [0.3, 0.4) is 0 Å². The molecule has 1 fully saturated rings. The Balaban J connectivity index is 1.30. The van der Waals surface area contributed by atoms with Gasteiger partial charge in [-0.3, -0.25) is 4.79 Å². The highest BCUT2D eigenvalue weighted by atomic mass is 19.1. The third-order valence-corrected chi connectivity index (χ3v) is 4.77. The van der Waals surface area contributed by atoms with Crippen LogP contribution in [0, 0.1) is 5.82 Å². The number of benzene rings is 1. The number of carbonyl (C=O) groups excluding carboxylic acids is 1. The summed E-state index contributed by atoms with van der Waals surface area (Å²) < 4.78 is 24.9. The smallest absolute Gasteiger partial charge is 0.224 e. The van der Waals surface area contributed by atoms with Crippen LogP contribution >= 0.6 is 0 Å². The monoisotopic (exact) mass is 395 g/mol. The van der Waals surface area contributed by atoms with Crippen molar-refractivity contribution in [2.24, 2.45) is 0 Å². The van der Waals surface area contributed by atoms with Crippen molar-refractivity contribution < 1.29 is 18.3 Å². The number of morpholine rings is 1. The minimum Gasteiger partial charge on any atom is -0.461 e. The Morgan fingerprint density at radius 3 is 2.69 bits per heavy atom. The SMILES string of the molecule is O=C(CCc1ccc(-c2ccccc2F)o1)Nc1ccc(N2CCOCC2)nc1. The van der Waals surface area contributed by atoms with Crippen LogP contribution in [0.2, 0.25) is 0 Å². The van der Waals surface area contributed by atoms with Crippen LogP contribution in [0.4, 0.5) is 15.9 Å². The van der Waals surface area contributed by atoms with Crippen LogP contribution in [-0.4, -0.2) is 37.2 Å². The van der Waals surface area contributed by atoms with Crippen LogP contribution in [-0.2, 0) is 16.0 Å². The minimum atomic E-state index is -0.334. The molecule has 0 atom stereocenters. The largest absolute Gasteiger partial charge is 0.461 e. The lowest BCUT2D eigenvalue weighted by atomic mass is 10.1. The number of pyridine rings is 1. The number of aryl methyl sites for hydroxylation is 1. The van der Waals surface area contributed by atoms with Crippen molar-refractivity contribution in [1.82, 2.24) is 4.98 Å². The molecule has 1 aliphatic heterocycles. The number of hydrogen-bond acceptors (Lipinski definition) is 5. The zero-order chi connectivity index (χ0) is 20.1. The maximum Gasteiger partial charge on any atom is 0.224 e. The molecule has 1 amide bonds. The molecule has 0 saturated carbocycles. The number of amides is 1. The van der Waals surface area contributed by atoms with Gasteiger partial charge in [-0.2, -0.15) is 0 Å².